The molecule has 0 saturated carbocycles. The van der Waals surface area contributed by atoms with Gasteiger partial charge in [-0.05, 0) is 60.7 Å². The lowest BCUT2D eigenvalue weighted by Gasteiger charge is -2.13. The molecule has 3 aromatic heterocycles. The lowest BCUT2D eigenvalue weighted by Crippen LogP contribution is -2.19. The third-order valence-corrected chi connectivity index (χ3v) is 9.53. The van der Waals surface area contributed by atoms with E-state index in [1.54, 1.807) is 104 Å². The molecule has 8 aromatic rings. The Morgan fingerprint density at radius 2 is 1.03 bits per heavy atom. The monoisotopic (exact) mass is 874 g/mol. The van der Waals surface area contributed by atoms with Crippen molar-refractivity contribution in [1.82, 2.24) is 15.0 Å². The minimum atomic E-state index is -0.801. The lowest BCUT2D eigenvalue weighted by molar-refractivity contribution is 0.215. The fraction of sp³-hybridized carbons (Fsp3) is 0.0889. The molecular formula is C45H36F2N6O9S. The van der Waals surface area contributed by atoms with Gasteiger partial charge in [0.05, 0.1) is 50.8 Å². The van der Waals surface area contributed by atoms with Gasteiger partial charge in [-0.1, -0.05) is 18.2 Å². The first-order valence-electron chi connectivity index (χ1n) is 18.6. The number of ether oxygens (including phenoxy) is 7. The molecule has 0 aliphatic heterocycles. The zero-order chi connectivity index (χ0) is 44.3. The van der Waals surface area contributed by atoms with Gasteiger partial charge in [0.15, 0.2) is 33.9 Å². The molecule has 3 heterocycles. The molecule has 8 rings (SSSR count). The zero-order valence-electron chi connectivity index (χ0n) is 33.8. The van der Waals surface area contributed by atoms with Crippen LogP contribution in [0.25, 0.3) is 21.8 Å². The van der Waals surface area contributed by atoms with Crippen molar-refractivity contribution in [2.75, 3.05) is 44.4 Å². The number of para-hydroxylation sites is 1. The van der Waals surface area contributed by atoms with Gasteiger partial charge in [-0.2, -0.15) is 0 Å². The molecule has 0 spiro atoms. The van der Waals surface area contributed by atoms with E-state index in [4.69, 9.17) is 33.2 Å². The van der Waals surface area contributed by atoms with E-state index in [9.17, 15) is 18.4 Å². The highest BCUT2D eigenvalue weighted by molar-refractivity contribution is 7.13. The van der Waals surface area contributed by atoms with Crippen molar-refractivity contribution in [3.63, 3.8) is 0 Å². The highest BCUT2D eigenvalue weighted by Gasteiger charge is 2.16. The van der Waals surface area contributed by atoms with Crippen LogP contribution in [0.15, 0.2) is 127 Å². The molecule has 63 heavy (non-hydrogen) atoms. The predicted octanol–water partition coefficient (Wildman–Crippen LogP) is 11.1. The minimum Gasteiger partial charge on any atom is -0.493 e. The standard InChI is InChI=1S/C24H19FN2O5.C21H17FN4O4S/c1-29-22-13-17-20(14-23(22)30-2)26-11-10-21(17)31-16-8-9-19(18(25)12-16)27-24(28)32-15-6-4-3-5-7-15;1-28-18-10-13-16(11-19(18)29-2)23-6-5-17(13)30-12-3-4-15(14(22)9-12)25-20(27)26-21-24-7-8-31-21/h3-14H,1-2H3,(H,27,28);3-11H,1-2H3,(H2,24,25,26,27). The molecule has 0 unspecified atom stereocenters. The van der Waals surface area contributed by atoms with Gasteiger partial charge in [0.25, 0.3) is 0 Å². The number of carbonyl (C=O) groups excluding carboxylic acids is 2. The Hall–Kier alpha value is -8.25. The largest absolute Gasteiger partial charge is 0.493 e. The van der Waals surface area contributed by atoms with Gasteiger partial charge in [0, 0.05) is 59.0 Å². The van der Waals surface area contributed by atoms with Crippen molar-refractivity contribution in [2.24, 2.45) is 0 Å². The van der Waals surface area contributed by atoms with Crippen molar-refractivity contribution >= 4 is 61.8 Å². The van der Waals surface area contributed by atoms with E-state index in [1.807, 2.05) is 0 Å². The summed E-state index contributed by atoms with van der Waals surface area (Å²) in [6.07, 6.45) is 3.92. The van der Waals surface area contributed by atoms with Crippen LogP contribution in [0, 0.1) is 11.6 Å². The van der Waals surface area contributed by atoms with E-state index in [0.717, 1.165) is 0 Å². The molecule has 0 aliphatic carbocycles. The average molecular weight is 875 g/mol. The molecule has 0 atom stereocenters. The Labute approximate surface area is 362 Å². The molecule has 0 aliphatic rings. The molecule has 0 bridgehead atoms. The van der Waals surface area contributed by atoms with E-state index in [-0.39, 0.29) is 22.9 Å². The summed E-state index contributed by atoms with van der Waals surface area (Å²) in [6, 6.07) is 26.4. The number of benzene rings is 5. The maximum atomic E-state index is 14.6. The van der Waals surface area contributed by atoms with Crippen LogP contribution in [0.1, 0.15) is 0 Å². The topological polar surface area (TPSA) is 174 Å². The molecular weight excluding hydrogens is 839 g/mol. The SMILES string of the molecule is COc1cc2nccc(Oc3ccc(NC(=O)Nc4nccs4)c(F)c3)c2cc1OC.COc1cc2nccc(Oc3ccc(NC(=O)Oc4ccccc4)c(F)c3)c2cc1OC. The summed E-state index contributed by atoms with van der Waals surface area (Å²) >= 11 is 1.26. The van der Waals surface area contributed by atoms with Crippen molar-refractivity contribution < 1.29 is 51.5 Å². The van der Waals surface area contributed by atoms with Crippen LogP contribution < -0.4 is 49.1 Å². The number of nitrogens with one attached hydrogen (secondary N) is 3. The van der Waals surface area contributed by atoms with Crippen LogP contribution in [0.4, 0.5) is 34.9 Å². The van der Waals surface area contributed by atoms with Gasteiger partial charge in [-0.3, -0.25) is 20.6 Å². The summed E-state index contributed by atoms with van der Waals surface area (Å²) < 4.78 is 67.3. The zero-order valence-corrected chi connectivity index (χ0v) is 34.6. The number of pyridine rings is 2. The number of methoxy groups -OCH3 is 4. The van der Waals surface area contributed by atoms with Crippen LogP contribution in [0.3, 0.4) is 0 Å². The van der Waals surface area contributed by atoms with Crippen molar-refractivity contribution in [3.8, 4) is 51.7 Å². The summed E-state index contributed by atoms with van der Waals surface area (Å²) in [5.74, 6) is 2.55. The third kappa shape index (κ3) is 10.6. The summed E-state index contributed by atoms with van der Waals surface area (Å²) in [6.45, 7) is 0. The van der Waals surface area contributed by atoms with E-state index >= 15 is 0 Å². The van der Waals surface area contributed by atoms with Crippen LogP contribution in [0.2, 0.25) is 0 Å². The Morgan fingerprint density at radius 1 is 0.524 bits per heavy atom. The Kier molecular flexibility index (Phi) is 13.5. The Bertz CT molecular complexity index is 2890. The fourth-order valence-corrected chi connectivity index (χ4v) is 6.44. The summed E-state index contributed by atoms with van der Waals surface area (Å²) in [5.41, 5.74) is 1.23. The van der Waals surface area contributed by atoms with Crippen LogP contribution >= 0.6 is 11.3 Å². The summed E-state index contributed by atoms with van der Waals surface area (Å²) in [7, 11) is 6.15. The molecule has 0 saturated heterocycles. The number of rotatable bonds is 12. The number of anilines is 3. The average Bonchev–Trinajstić information content (AvgIpc) is 3.81. The number of halogens is 2. The third-order valence-electron chi connectivity index (χ3n) is 8.84. The lowest BCUT2D eigenvalue weighted by atomic mass is 10.2. The van der Waals surface area contributed by atoms with Gasteiger partial charge < -0.3 is 38.5 Å². The number of aromatic nitrogens is 3. The second-order valence-corrected chi connectivity index (χ2v) is 13.7. The highest BCUT2D eigenvalue weighted by atomic mass is 32.1. The number of hydrogen-bond acceptors (Lipinski definition) is 13. The second kappa shape index (κ2) is 19.9. The maximum absolute atomic E-state index is 14.6. The first-order chi connectivity index (χ1) is 30.6. The smallest absolute Gasteiger partial charge is 0.417 e. The summed E-state index contributed by atoms with van der Waals surface area (Å²) in [4.78, 5) is 36.6. The van der Waals surface area contributed by atoms with Crippen LogP contribution in [0.5, 0.6) is 51.7 Å². The fourth-order valence-electron chi connectivity index (χ4n) is 5.92. The number of nitrogens with zero attached hydrogens (tertiary/aromatic N) is 3. The van der Waals surface area contributed by atoms with Gasteiger partial charge in [-0.25, -0.2) is 23.4 Å². The van der Waals surface area contributed by atoms with Crippen LogP contribution in [-0.2, 0) is 0 Å². The molecule has 15 nitrogen and oxygen atoms in total. The van der Waals surface area contributed by atoms with Crippen molar-refractivity contribution in [1.29, 1.82) is 0 Å². The molecule has 3 amide bonds. The van der Waals surface area contributed by atoms with E-state index in [1.165, 1.54) is 63.0 Å². The number of amides is 3. The van der Waals surface area contributed by atoms with Crippen LogP contribution in [-0.4, -0.2) is 55.5 Å². The molecule has 0 radical (unpaired) electrons. The first-order valence-corrected chi connectivity index (χ1v) is 19.5. The summed E-state index contributed by atoms with van der Waals surface area (Å²) in [5, 5.41) is 10.8. The van der Waals surface area contributed by atoms with Gasteiger partial charge in [0.2, 0.25) is 0 Å². The molecule has 320 valence electrons. The van der Waals surface area contributed by atoms with Gasteiger partial charge in [-0.15, -0.1) is 11.3 Å². The van der Waals surface area contributed by atoms with E-state index < -0.39 is 23.8 Å². The second-order valence-electron chi connectivity index (χ2n) is 12.8. The van der Waals surface area contributed by atoms with Crippen molar-refractivity contribution in [3.05, 3.63) is 139 Å². The molecule has 18 heteroatoms. The minimum absolute atomic E-state index is 0.00685. The number of fused-ring (bicyclic) bond motifs is 2. The Morgan fingerprint density at radius 3 is 1.51 bits per heavy atom. The highest BCUT2D eigenvalue weighted by Crippen LogP contribution is 2.39. The number of urea groups is 1. The maximum Gasteiger partial charge on any atom is 0.417 e. The number of hydrogen-bond donors (Lipinski definition) is 3. The Balaban J connectivity index is 0.000000189. The quantitative estimate of drug-likeness (QED) is 0.106. The van der Waals surface area contributed by atoms with Crippen molar-refractivity contribution in [2.45, 2.75) is 0 Å². The van der Waals surface area contributed by atoms with E-state index in [0.29, 0.717) is 67.2 Å². The number of thiazole rings is 1. The predicted molar refractivity (Wildman–Crippen MR) is 233 cm³/mol. The normalized spacial score (nSPS) is 10.5. The first kappa shape index (κ1) is 42.9. The van der Waals surface area contributed by atoms with Gasteiger partial charge >= 0.3 is 12.1 Å². The molecule has 3 N–H and O–H groups in total. The van der Waals surface area contributed by atoms with E-state index in [2.05, 4.69) is 30.9 Å². The molecule has 5 aromatic carbocycles. The van der Waals surface area contributed by atoms with Gasteiger partial charge in [0.1, 0.15) is 34.6 Å². The number of carbonyl (C=O) groups is 2. The molecule has 0 fully saturated rings.